The highest BCUT2D eigenvalue weighted by atomic mass is 16.5. The lowest BCUT2D eigenvalue weighted by molar-refractivity contribution is 0.0778. The van der Waals surface area contributed by atoms with E-state index < -0.39 is 0 Å². The van der Waals surface area contributed by atoms with Gasteiger partial charge in [0.05, 0.1) is 18.1 Å². The summed E-state index contributed by atoms with van der Waals surface area (Å²) in [7, 11) is 1.75. The van der Waals surface area contributed by atoms with Crippen molar-refractivity contribution in [3.63, 3.8) is 0 Å². The van der Waals surface area contributed by atoms with E-state index in [1.807, 2.05) is 6.33 Å². The van der Waals surface area contributed by atoms with Gasteiger partial charge in [-0.15, -0.1) is 0 Å². The summed E-state index contributed by atoms with van der Waals surface area (Å²) in [5, 5.41) is 0. The van der Waals surface area contributed by atoms with E-state index in [4.69, 9.17) is 14.7 Å². The third-order valence-electron chi connectivity index (χ3n) is 4.00. The molecule has 0 aromatic carbocycles. The Morgan fingerprint density at radius 1 is 1.19 bits per heavy atom. The smallest absolute Gasteiger partial charge is 0.227 e. The molecular weight excluding hydrogens is 266 g/mol. The third kappa shape index (κ3) is 2.37. The molecule has 0 saturated carbocycles. The average Bonchev–Trinajstić information content (AvgIpc) is 2.80. The summed E-state index contributed by atoms with van der Waals surface area (Å²) in [6.45, 7) is 10.3. The topological polar surface area (TPSA) is 56.1 Å². The van der Waals surface area contributed by atoms with Crippen molar-refractivity contribution in [2.75, 3.05) is 25.1 Å². The second kappa shape index (κ2) is 5.26. The zero-order chi connectivity index (χ0) is 15.1. The van der Waals surface area contributed by atoms with Crippen molar-refractivity contribution in [1.29, 1.82) is 0 Å². The van der Waals surface area contributed by atoms with Gasteiger partial charge >= 0.3 is 0 Å². The average molecular weight is 289 g/mol. The second-order valence-electron chi connectivity index (χ2n) is 6.24. The summed E-state index contributed by atoms with van der Waals surface area (Å²) in [6, 6.07) is 0.334. The number of rotatable bonds is 4. The fourth-order valence-corrected chi connectivity index (χ4v) is 2.60. The molecule has 3 heterocycles. The van der Waals surface area contributed by atoms with Crippen molar-refractivity contribution in [2.45, 2.75) is 45.8 Å². The molecule has 0 atom stereocenters. The Kier molecular flexibility index (Phi) is 3.57. The summed E-state index contributed by atoms with van der Waals surface area (Å²) < 4.78 is 7.45. The molecule has 0 aliphatic carbocycles. The summed E-state index contributed by atoms with van der Waals surface area (Å²) >= 11 is 0. The number of methoxy groups -OCH3 is 1. The van der Waals surface area contributed by atoms with Crippen molar-refractivity contribution >= 4 is 17.1 Å². The Morgan fingerprint density at radius 2 is 1.90 bits per heavy atom. The molecule has 1 saturated heterocycles. The van der Waals surface area contributed by atoms with Crippen LogP contribution < -0.4 is 4.90 Å². The van der Waals surface area contributed by atoms with Crippen LogP contribution in [0.1, 0.15) is 45.3 Å². The minimum atomic E-state index is 0.293. The van der Waals surface area contributed by atoms with E-state index in [-0.39, 0.29) is 0 Å². The van der Waals surface area contributed by atoms with Crippen molar-refractivity contribution in [3.05, 3.63) is 12.0 Å². The molecule has 1 fully saturated rings. The Bertz CT molecular complexity index is 643. The van der Waals surface area contributed by atoms with Crippen LogP contribution in [0.4, 0.5) is 5.95 Å². The Labute approximate surface area is 125 Å². The third-order valence-corrected chi connectivity index (χ3v) is 4.00. The minimum absolute atomic E-state index is 0.293. The van der Waals surface area contributed by atoms with Gasteiger partial charge in [-0.3, -0.25) is 0 Å². The molecule has 0 bridgehead atoms. The lowest BCUT2D eigenvalue weighted by Crippen LogP contribution is -2.52. The first-order valence-electron chi connectivity index (χ1n) is 7.53. The summed E-state index contributed by atoms with van der Waals surface area (Å²) in [5.74, 6) is 1.12. The van der Waals surface area contributed by atoms with Gasteiger partial charge in [0.1, 0.15) is 5.52 Å². The van der Waals surface area contributed by atoms with Gasteiger partial charge in [-0.2, -0.15) is 4.98 Å². The first-order valence-corrected chi connectivity index (χ1v) is 7.53. The number of nitrogens with zero attached hydrogens (tertiary/aromatic N) is 5. The molecule has 1 aliphatic rings. The van der Waals surface area contributed by atoms with Crippen molar-refractivity contribution in [2.24, 2.45) is 0 Å². The predicted octanol–water partition coefficient (Wildman–Crippen LogP) is 2.37. The molecule has 0 unspecified atom stereocenters. The van der Waals surface area contributed by atoms with E-state index in [1.54, 1.807) is 7.11 Å². The number of hydrogen-bond acceptors (Lipinski definition) is 5. The van der Waals surface area contributed by atoms with Crippen LogP contribution in [-0.4, -0.2) is 45.8 Å². The van der Waals surface area contributed by atoms with Crippen LogP contribution in [-0.2, 0) is 4.74 Å². The molecular formula is C15H23N5O. The quantitative estimate of drug-likeness (QED) is 0.865. The lowest BCUT2D eigenvalue weighted by Gasteiger charge is -2.38. The first kappa shape index (κ1) is 14.3. The predicted molar refractivity (Wildman–Crippen MR) is 82.8 cm³/mol. The zero-order valence-corrected chi connectivity index (χ0v) is 13.4. The van der Waals surface area contributed by atoms with E-state index in [0.29, 0.717) is 18.1 Å². The highest BCUT2D eigenvalue weighted by Gasteiger charge is 2.30. The summed E-state index contributed by atoms with van der Waals surface area (Å²) in [5.41, 5.74) is 2.88. The lowest BCUT2D eigenvalue weighted by atomic mass is 10.1. The highest BCUT2D eigenvalue weighted by Crippen LogP contribution is 2.27. The molecule has 0 radical (unpaired) electrons. The molecule has 114 valence electrons. The van der Waals surface area contributed by atoms with Gasteiger partial charge in [0, 0.05) is 26.2 Å². The first-order chi connectivity index (χ1) is 10.0. The molecule has 3 rings (SSSR count). The van der Waals surface area contributed by atoms with E-state index in [9.17, 15) is 0 Å². The number of fused-ring (bicyclic) bond motifs is 1. The molecule has 0 amide bonds. The molecule has 6 heteroatoms. The molecule has 0 N–H and O–H groups in total. The molecule has 1 aliphatic heterocycles. The van der Waals surface area contributed by atoms with E-state index >= 15 is 0 Å². The van der Waals surface area contributed by atoms with E-state index in [2.05, 4.69) is 42.1 Å². The van der Waals surface area contributed by atoms with Crippen LogP contribution in [0, 0.1) is 0 Å². The maximum atomic E-state index is 5.34. The minimum Gasteiger partial charge on any atom is -0.378 e. The van der Waals surface area contributed by atoms with Crippen LogP contribution in [0.5, 0.6) is 0 Å². The van der Waals surface area contributed by atoms with Gasteiger partial charge in [-0.1, -0.05) is 13.8 Å². The van der Waals surface area contributed by atoms with Crippen molar-refractivity contribution in [1.82, 2.24) is 19.5 Å². The number of anilines is 1. The van der Waals surface area contributed by atoms with E-state index in [1.165, 1.54) is 0 Å². The van der Waals surface area contributed by atoms with Crippen molar-refractivity contribution in [3.8, 4) is 0 Å². The SMILES string of the molecule is COC1CN(c2nc(C(C)C)c3ncn(C(C)C)c3n2)C1. The Morgan fingerprint density at radius 3 is 2.48 bits per heavy atom. The molecule has 2 aromatic rings. The maximum Gasteiger partial charge on any atom is 0.227 e. The second-order valence-corrected chi connectivity index (χ2v) is 6.24. The van der Waals surface area contributed by atoms with Crippen LogP contribution in [0.15, 0.2) is 6.33 Å². The number of aromatic nitrogens is 4. The fraction of sp³-hybridized carbons (Fsp3) is 0.667. The van der Waals surface area contributed by atoms with Gasteiger partial charge in [0.15, 0.2) is 5.65 Å². The Hall–Kier alpha value is -1.69. The van der Waals surface area contributed by atoms with Crippen LogP contribution in [0.25, 0.3) is 11.2 Å². The van der Waals surface area contributed by atoms with Gasteiger partial charge in [-0.25, -0.2) is 9.97 Å². The van der Waals surface area contributed by atoms with Crippen LogP contribution in [0.2, 0.25) is 0 Å². The van der Waals surface area contributed by atoms with Crippen LogP contribution >= 0.6 is 0 Å². The van der Waals surface area contributed by atoms with E-state index in [0.717, 1.165) is 35.9 Å². The van der Waals surface area contributed by atoms with Crippen LogP contribution in [0.3, 0.4) is 0 Å². The largest absolute Gasteiger partial charge is 0.378 e. The van der Waals surface area contributed by atoms with Gasteiger partial charge in [0.25, 0.3) is 0 Å². The van der Waals surface area contributed by atoms with Gasteiger partial charge < -0.3 is 14.2 Å². The molecule has 6 nitrogen and oxygen atoms in total. The fourth-order valence-electron chi connectivity index (χ4n) is 2.60. The van der Waals surface area contributed by atoms with Gasteiger partial charge in [-0.05, 0) is 19.8 Å². The number of hydrogen-bond donors (Lipinski definition) is 0. The summed E-state index contributed by atoms with van der Waals surface area (Å²) in [6.07, 6.45) is 2.16. The highest BCUT2D eigenvalue weighted by molar-refractivity contribution is 5.76. The molecule has 2 aromatic heterocycles. The molecule has 0 spiro atoms. The Balaban J connectivity index is 2.07. The van der Waals surface area contributed by atoms with Crippen molar-refractivity contribution < 1.29 is 4.74 Å². The zero-order valence-electron chi connectivity index (χ0n) is 13.4. The monoisotopic (exact) mass is 289 g/mol. The standard InChI is InChI=1S/C15H23N5O/c1-9(2)12-13-14(20(8-16-13)10(3)4)18-15(17-12)19-6-11(7-19)21-5/h8-11H,6-7H2,1-5H3. The summed E-state index contributed by atoms with van der Waals surface area (Å²) in [4.78, 5) is 16.2. The number of imidazole rings is 1. The number of ether oxygens (including phenoxy) is 1. The maximum absolute atomic E-state index is 5.34. The normalized spacial score (nSPS) is 16.2. The van der Waals surface area contributed by atoms with Gasteiger partial charge in [0.2, 0.25) is 5.95 Å². The molecule has 21 heavy (non-hydrogen) atoms.